The van der Waals surface area contributed by atoms with Gasteiger partial charge in [0, 0.05) is 11.1 Å². The lowest BCUT2D eigenvalue weighted by Crippen LogP contribution is -2.40. The summed E-state index contributed by atoms with van der Waals surface area (Å²) < 4.78 is 0. The number of benzene rings is 3. The first kappa shape index (κ1) is 16.4. The molecule has 3 aromatic rings. The van der Waals surface area contributed by atoms with Crippen LogP contribution >= 0.6 is 0 Å². The molecular formula is C22H16N2O4. The topological polar surface area (TPSA) is 76.7 Å². The highest BCUT2D eigenvalue weighted by Gasteiger charge is 2.37. The number of rotatable bonds is 2. The van der Waals surface area contributed by atoms with Crippen LogP contribution in [0.15, 0.2) is 72.8 Å². The molecular weight excluding hydrogens is 356 g/mol. The number of nitrogens with one attached hydrogen (secondary N) is 2. The summed E-state index contributed by atoms with van der Waals surface area (Å²) in [5.74, 6) is -0.510. The smallest absolute Gasteiger partial charge is 0.264 e. The molecule has 0 radical (unpaired) electrons. The van der Waals surface area contributed by atoms with Crippen molar-refractivity contribution in [2.45, 2.75) is 11.8 Å². The fourth-order valence-corrected chi connectivity index (χ4v) is 3.89. The Hall–Kier alpha value is -3.80. The summed E-state index contributed by atoms with van der Waals surface area (Å²) in [6.45, 7) is 0. The van der Waals surface area contributed by atoms with E-state index in [0.29, 0.717) is 11.5 Å². The quantitative estimate of drug-likeness (QED) is 0.725. The van der Waals surface area contributed by atoms with E-state index in [-0.39, 0.29) is 11.8 Å². The minimum absolute atomic E-state index is 0.271. The molecule has 28 heavy (non-hydrogen) atoms. The Balaban J connectivity index is 1.70. The van der Waals surface area contributed by atoms with E-state index in [1.54, 1.807) is 12.1 Å². The summed E-state index contributed by atoms with van der Waals surface area (Å²) in [6.07, 6.45) is 0. The largest absolute Gasteiger partial charge is 0.379 e. The third kappa shape index (κ3) is 2.50. The number of fused-ring (bicyclic) bond motifs is 2. The predicted molar refractivity (Wildman–Crippen MR) is 101 cm³/mol. The summed E-state index contributed by atoms with van der Waals surface area (Å²) >= 11 is 0. The van der Waals surface area contributed by atoms with E-state index in [4.69, 9.17) is 9.68 Å². The monoisotopic (exact) mass is 372 g/mol. The molecule has 2 heterocycles. The van der Waals surface area contributed by atoms with Crippen molar-refractivity contribution in [2.24, 2.45) is 0 Å². The lowest BCUT2D eigenvalue weighted by atomic mass is 9.79. The van der Waals surface area contributed by atoms with Gasteiger partial charge in [0.05, 0.1) is 11.8 Å². The Morgan fingerprint density at radius 1 is 0.536 bits per heavy atom. The number of hydroxylamine groups is 2. The maximum atomic E-state index is 12.8. The van der Waals surface area contributed by atoms with Crippen LogP contribution in [0.5, 0.6) is 11.5 Å². The highest BCUT2D eigenvalue weighted by atomic mass is 16.7. The first-order chi connectivity index (χ1) is 13.7. The number of amides is 2. The van der Waals surface area contributed by atoms with Crippen molar-refractivity contribution >= 4 is 11.8 Å². The number of hydrogen-bond acceptors (Lipinski definition) is 4. The van der Waals surface area contributed by atoms with Gasteiger partial charge in [-0.2, -0.15) is 11.0 Å². The van der Waals surface area contributed by atoms with Crippen molar-refractivity contribution < 1.29 is 19.3 Å². The SMILES string of the molecule is O=C1NOc2ccccc2C1c1ccccc1C1C(=O)NOc2ccccc21. The van der Waals surface area contributed by atoms with Gasteiger partial charge in [-0.05, 0) is 23.3 Å². The minimum Gasteiger partial charge on any atom is -0.379 e. The first-order valence-electron chi connectivity index (χ1n) is 8.94. The van der Waals surface area contributed by atoms with Crippen LogP contribution in [0.2, 0.25) is 0 Å². The third-order valence-corrected chi connectivity index (χ3v) is 5.13. The van der Waals surface area contributed by atoms with Crippen LogP contribution < -0.4 is 20.6 Å². The van der Waals surface area contributed by atoms with Crippen molar-refractivity contribution in [3.63, 3.8) is 0 Å². The number of para-hydroxylation sites is 2. The molecule has 2 N–H and O–H groups in total. The molecule has 0 saturated heterocycles. The second-order valence-corrected chi connectivity index (χ2v) is 6.71. The number of carbonyl (C=O) groups excluding carboxylic acids is 2. The molecule has 6 nitrogen and oxygen atoms in total. The average Bonchev–Trinajstić information content (AvgIpc) is 2.74. The Bertz CT molecular complexity index is 1010. The summed E-state index contributed by atoms with van der Waals surface area (Å²) in [5, 5.41) is 0. The number of hydrogen-bond donors (Lipinski definition) is 2. The van der Waals surface area contributed by atoms with Gasteiger partial charge < -0.3 is 9.68 Å². The van der Waals surface area contributed by atoms with E-state index in [9.17, 15) is 9.59 Å². The van der Waals surface area contributed by atoms with Crippen LogP contribution in [0, 0.1) is 0 Å². The minimum atomic E-state index is -0.580. The second-order valence-electron chi connectivity index (χ2n) is 6.71. The zero-order valence-electron chi connectivity index (χ0n) is 14.7. The molecule has 0 aliphatic carbocycles. The van der Waals surface area contributed by atoms with Crippen molar-refractivity contribution in [3.05, 3.63) is 95.1 Å². The third-order valence-electron chi connectivity index (χ3n) is 5.13. The summed E-state index contributed by atoms with van der Waals surface area (Å²) in [6, 6.07) is 22.3. The van der Waals surface area contributed by atoms with Crippen LogP contribution in [-0.2, 0) is 9.59 Å². The fourth-order valence-electron chi connectivity index (χ4n) is 3.89. The van der Waals surface area contributed by atoms with Gasteiger partial charge in [-0.1, -0.05) is 60.7 Å². The van der Waals surface area contributed by atoms with Gasteiger partial charge >= 0.3 is 0 Å². The fraction of sp³-hybridized carbons (Fsp3) is 0.0909. The van der Waals surface area contributed by atoms with Crippen LogP contribution in [0.1, 0.15) is 34.1 Å². The average molecular weight is 372 g/mol. The maximum absolute atomic E-state index is 12.8. The van der Waals surface area contributed by atoms with Gasteiger partial charge in [0.15, 0.2) is 11.5 Å². The molecule has 5 rings (SSSR count). The first-order valence-corrected chi connectivity index (χ1v) is 8.94. The zero-order valence-corrected chi connectivity index (χ0v) is 14.7. The Kier molecular flexibility index (Phi) is 3.76. The zero-order chi connectivity index (χ0) is 19.1. The lowest BCUT2D eigenvalue weighted by molar-refractivity contribution is -0.131. The van der Waals surface area contributed by atoms with E-state index < -0.39 is 11.8 Å². The Morgan fingerprint density at radius 2 is 0.893 bits per heavy atom. The molecule has 0 aromatic heterocycles. The van der Waals surface area contributed by atoms with Gasteiger partial charge in [0.2, 0.25) is 0 Å². The molecule has 2 unspecified atom stereocenters. The molecule has 3 aromatic carbocycles. The predicted octanol–water partition coefficient (Wildman–Crippen LogP) is 2.80. The molecule has 138 valence electrons. The van der Waals surface area contributed by atoms with Gasteiger partial charge in [0.25, 0.3) is 11.8 Å². The van der Waals surface area contributed by atoms with E-state index >= 15 is 0 Å². The summed E-state index contributed by atoms with van der Waals surface area (Å²) in [4.78, 5) is 36.2. The van der Waals surface area contributed by atoms with E-state index in [1.165, 1.54) is 0 Å². The van der Waals surface area contributed by atoms with Crippen molar-refractivity contribution in [1.29, 1.82) is 0 Å². The van der Waals surface area contributed by atoms with E-state index in [1.807, 2.05) is 60.7 Å². The van der Waals surface area contributed by atoms with Crippen LogP contribution in [0.4, 0.5) is 0 Å². The lowest BCUT2D eigenvalue weighted by Gasteiger charge is -2.30. The Labute approximate surface area is 161 Å². The summed E-state index contributed by atoms with van der Waals surface area (Å²) in [5.41, 5.74) is 8.01. The molecule has 0 spiro atoms. The molecule has 2 amide bonds. The van der Waals surface area contributed by atoms with E-state index in [0.717, 1.165) is 22.3 Å². The molecule has 0 bridgehead atoms. The molecule has 2 aliphatic heterocycles. The van der Waals surface area contributed by atoms with Crippen LogP contribution in [-0.4, -0.2) is 11.8 Å². The van der Waals surface area contributed by atoms with Gasteiger partial charge in [0.1, 0.15) is 0 Å². The van der Waals surface area contributed by atoms with Crippen molar-refractivity contribution in [3.8, 4) is 11.5 Å². The van der Waals surface area contributed by atoms with Crippen molar-refractivity contribution in [2.75, 3.05) is 0 Å². The molecule has 0 fully saturated rings. The molecule has 6 heteroatoms. The Morgan fingerprint density at radius 3 is 1.32 bits per heavy atom. The number of carbonyl (C=O) groups is 2. The molecule has 2 atom stereocenters. The standard InChI is InChI=1S/C22H16N2O4/c25-21-19(15-9-3-5-11-17(15)27-23-21)13-7-1-2-8-14(13)20-16-10-4-6-12-18(16)28-24-22(20)26/h1-12,19-20H,(H,23,25)(H,24,26). The molecule has 2 aliphatic rings. The highest BCUT2D eigenvalue weighted by Crippen LogP contribution is 2.42. The van der Waals surface area contributed by atoms with Gasteiger partial charge in [-0.15, -0.1) is 0 Å². The van der Waals surface area contributed by atoms with Crippen LogP contribution in [0.3, 0.4) is 0 Å². The second kappa shape index (κ2) is 6.42. The van der Waals surface area contributed by atoms with Crippen molar-refractivity contribution in [1.82, 2.24) is 11.0 Å². The highest BCUT2D eigenvalue weighted by molar-refractivity contribution is 5.92. The van der Waals surface area contributed by atoms with Gasteiger partial charge in [-0.3, -0.25) is 9.59 Å². The summed E-state index contributed by atoms with van der Waals surface area (Å²) in [7, 11) is 0. The maximum Gasteiger partial charge on any atom is 0.264 e. The molecule has 0 saturated carbocycles. The van der Waals surface area contributed by atoms with E-state index in [2.05, 4.69) is 11.0 Å². The van der Waals surface area contributed by atoms with Crippen LogP contribution in [0.25, 0.3) is 0 Å². The normalized spacial score (nSPS) is 20.0. The van der Waals surface area contributed by atoms with Gasteiger partial charge in [-0.25, -0.2) is 0 Å².